The Hall–Kier alpha value is -0.930. The third kappa shape index (κ3) is 2.08. The molecule has 3 rings (SSSR count). The van der Waals surface area contributed by atoms with Crippen molar-refractivity contribution in [1.29, 1.82) is 0 Å². The Labute approximate surface area is 122 Å². The summed E-state index contributed by atoms with van der Waals surface area (Å²) in [5, 5.41) is 0. The van der Waals surface area contributed by atoms with Gasteiger partial charge in [-0.3, -0.25) is 4.98 Å². The largest absolute Gasteiger partial charge is 0.378 e. The van der Waals surface area contributed by atoms with Crippen molar-refractivity contribution in [3.05, 3.63) is 29.1 Å². The van der Waals surface area contributed by atoms with Gasteiger partial charge in [0.15, 0.2) is 0 Å². The van der Waals surface area contributed by atoms with Gasteiger partial charge in [-0.2, -0.15) is 0 Å². The van der Waals surface area contributed by atoms with Crippen molar-refractivity contribution in [2.24, 2.45) is 5.92 Å². The Morgan fingerprint density at radius 1 is 1.30 bits per heavy atom. The summed E-state index contributed by atoms with van der Waals surface area (Å²) in [4.78, 5) is 4.63. The van der Waals surface area contributed by atoms with E-state index in [1.165, 1.54) is 11.1 Å². The van der Waals surface area contributed by atoms with E-state index in [9.17, 15) is 0 Å². The van der Waals surface area contributed by atoms with Crippen molar-refractivity contribution >= 4 is 0 Å². The molecule has 3 heterocycles. The van der Waals surface area contributed by atoms with Crippen molar-refractivity contribution in [1.82, 2.24) is 4.98 Å². The number of ether oxygens (including phenoxy) is 2. The predicted octanol–water partition coefficient (Wildman–Crippen LogP) is 3.93. The molecule has 112 valence electrons. The standard InChI is InChI=1S/C15H21NO2.C2H6/c1-10(2)14(4)12-11(3)5-7-16-13(12)15(18-14)6-8-17-9-15;1-2/h5,7,10H,6,8-9H2,1-4H3;1-2H3. The molecule has 2 aliphatic heterocycles. The number of aromatic nitrogens is 1. The Morgan fingerprint density at radius 2 is 2.00 bits per heavy atom. The average Bonchev–Trinajstić information content (AvgIpc) is 2.99. The summed E-state index contributed by atoms with van der Waals surface area (Å²) in [5.41, 5.74) is 3.11. The molecule has 1 aromatic heterocycles. The first-order chi connectivity index (χ1) is 9.50. The van der Waals surface area contributed by atoms with Crippen LogP contribution in [0.1, 0.15) is 57.9 Å². The van der Waals surface area contributed by atoms with Crippen LogP contribution in [0, 0.1) is 12.8 Å². The molecule has 2 aliphatic rings. The molecular weight excluding hydrogens is 250 g/mol. The molecule has 0 amide bonds. The Kier molecular flexibility index (Phi) is 4.22. The fourth-order valence-electron chi connectivity index (χ4n) is 3.26. The van der Waals surface area contributed by atoms with Gasteiger partial charge >= 0.3 is 0 Å². The first kappa shape index (κ1) is 15.5. The van der Waals surface area contributed by atoms with Gasteiger partial charge in [0.05, 0.1) is 17.9 Å². The molecule has 0 radical (unpaired) electrons. The number of hydrogen-bond donors (Lipinski definition) is 0. The molecule has 1 fully saturated rings. The molecular formula is C17H27NO2. The van der Waals surface area contributed by atoms with Crippen molar-refractivity contribution in [3.8, 4) is 0 Å². The highest BCUT2D eigenvalue weighted by Crippen LogP contribution is 2.53. The van der Waals surface area contributed by atoms with Crippen LogP contribution >= 0.6 is 0 Å². The maximum absolute atomic E-state index is 6.52. The zero-order chi connectivity index (χ0) is 15.0. The smallest absolute Gasteiger partial charge is 0.137 e. The molecule has 0 N–H and O–H groups in total. The SMILES string of the molecule is CC.Cc1ccnc2c1C(C)(C(C)C)OC21CCOC1. The molecule has 2 unspecified atom stereocenters. The molecule has 0 aliphatic carbocycles. The van der Waals surface area contributed by atoms with Crippen LogP contribution in [0.4, 0.5) is 0 Å². The predicted molar refractivity (Wildman–Crippen MR) is 80.7 cm³/mol. The molecule has 1 spiro atoms. The van der Waals surface area contributed by atoms with Gasteiger partial charge in [-0.1, -0.05) is 27.7 Å². The second kappa shape index (κ2) is 5.45. The van der Waals surface area contributed by atoms with E-state index in [-0.39, 0.29) is 11.2 Å². The summed E-state index contributed by atoms with van der Waals surface area (Å²) in [5.74, 6) is 0.416. The summed E-state index contributed by atoms with van der Waals surface area (Å²) >= 11 is 0. The molecule has 3 nitrogen and oxygen atoms in total. The van der Waals surface area contributed by atoms with Crippen LogP contribution in [0.2, 0.25) is 0 Å². The van der Waals surface area contributed by atoms with E-state index in [4.69, 9.17) is 9.47 Å². The lowest BCUT2D eigenvalue weighted by atomic mass is 9.82. The van der Waals surface area contributed by atoms with E-state index < -0.39 is 0 Å². The van der Waals surface area contributed by atoms with E-state index in [0.717, 1.165) is 18.7 Å². The van der Waals surface area contributed by atoms with Crippen molar-refractivity contribution in [2.45, 2.75) is 59.2 Å². The maximum Gasteiger partial charge on any atom is 0.137 e. The summed E-state index contributed by atoms with van der Waals surface area (Å²) < 4.78 is 12.1. The molecule has 1 aromatic rings. The highest BCUT2D eigenvalue weighted by atomic mass is 16.6. The highest BCUT2D eigenvalue weighted by Gasteiger charge is 2.55. The van der Waals surface area contributed by atoms with E-state index >= 15 is 0 Å². The number of rotatable bonds is 1. The number of nitrogens with zero attached hydrogens (tertiary/aromatic N) is 1. The van der Waals surface area contributed by atoms with Gasteiger partial charge in [-0.15, -0.1) is 0 Å². The summed E-state index contributed by atoms with van der Waals surface area (Å²) in [6.45, 7) is 14.2. The quantitative estimate of drug-likeness (QED) is 0.779. The first-order valence-electron chi connectivity index (χ1n) is 7.74. The van der Waals surface area contributed by atoms with Gasteiger partial charge in [0.1, 0.15) is 5.60 Å². The Balaban J connectivity index is 0.000000704. The Bertz CT molecular complexity index is 478. The zero-order valence-corrected chi connectivity index (χ0v) is 13.6. The van der Waals surface area contributed by atoms with Crippen LogP contribution in [0.5, 0.6) is 0 Å². The Morgan fingerprint density at radius 3 is 2.55 bits per heavy atom. The lowest BCUT2D eigenvalue weighted by Gasteiger charge is -2.33. The minimum atomic E-state index is -0.305. The maximum atomic E-state index is 6.52. The summed E-state index contributed by atoms with van der Waals surface area (Å²) in [6.07, 6.45) is 2.81. The molecule has 0 bridgehead atoms. The highest BCUT2D eigenvalue weighted by molar-refractivity contribution is 5.42. The number of fused-ring (bicyclic) bond motifs is 2. The van der Waals surface area contributed by atoms with Gasteiger partial charge in [-0.25, -0.2) is 0 Å². The van der Waals surface area contributed by atoms with Gasteiger partial charge < -0.3 is 9.47 Å². The minimum Gasteiger partial charge on any atom is -0.378 e. The molecule has 20 heavy (non-hydrogen) atoms. The molecule has 0 saturated carbocycles. The normalized spacial score (nSPS) is 31.4. The second-order valence-electron chi connectivity index (χ2n) is 6.01. The van der Waals surface area contributed by atoms with Gasteiger partial charge in [0.2, 0.25) is 0 Å². The molecule has 0 aromatic carbocycles. The zero-order valence-electron chi connectivity index (χ0n) is 13.6. The van der Waals surface area contributed by atoms with E-state index in [1.54, 1.807) is 0 Å². The number of hydrogen-bond acceptors (Lipinski definition) is 3. The lowest BCUT2D eigenvalue weighted by Crippen LogP contribution is -2.34. The van der Waals surface area contributed by atoms with Crippen LogP contribution in [-0.4, -0.2) is 18.2 Å². The van der Waals surface area contributed by atoms with Crippen LogP contribution in [0.25, 0.3) is 0 Å². The van der Waals surface area contributed by atoms with Crippen molar-refractivity contribution in [2.75, 3.05) is 13.2 Å². The summed E-state index contributed by atoms with van der Waals surface area (Å²) in [7, 11) is 0. The van der Waals surface area contributed by atoms with E-state index in [2.05, 4.69) is 38.7 Å². The average molecular weight is 277 g/mol. The first-order valence-corrected chi connectivity index (χ1v) is 7.74. The third-order valence-corrected chi connectivity index (χ3v) is 4.58. The van der Waals surface area contributed by atoms with Gasteiger partial charge in [0, 0.05) is 24.8 Å². The van der Waals surface area contributed by atoms with Crippen LogP contribution < -0.4 is 0 Å². The van der Waals surface area contributed by atoms with Crippen LogP contribution in [0.15, 0.2) is 12.3 Å². The topological polar surface area (TPSA) is 31.4 Å². The monoisotopic (exact) mass is 277 g/mol. The third-order valence-electron chi connectivity index (χ3n) is 4.58. The van der Waals surface area contributed by atoms with Gasteiger partial charge in [-0.05, 0) is 31.4 Å². The van der Waals surface area contributed by atoms with Crippen molar-refractivity contribution in [3.63, 3.8) is 0 Å². The number of aryl methyl sites for hydroxylation is 1. The molecule has 3 heteroatoms. The lowest BCUT2D eigenvalue weighted by molar-refractivity contribution is -0.156. The minimum absolute atomic E-state index is 0.249. The fourth-order valence-corrected chi connectivity index (χ4v) is 3.26. The second-order valence-corrected chi connectivity index (χ2v) is 6.01. The van der Waals surface area contributed by atoms with Crippen molar-refractivity contribution < 1.29 is 9.47 Å². The molecule has 2 atom stereocenters. The van der Waals surface area contributed by atoms with Gasteiger partial charge in [0.25, 0.3) is 0 Å². The molecule has 1 saturated heterocycles. The number of pyridine rings is 1. The fraction of sp³-hybridized carbons (Fsp3) is 0.706. The summed E-state index contributed by atoms with van der Waals surface area (Å²) in [6, 6.07) is 2.08. The van der Waals surface area contributed by atoms with E-state index in [1.807, 2.05) is 20.0 Å². The van der Waals surface area contributed by atoms with E-state index in [0.29, 0.717) is 12.5 Å². The van der Waals surface area contributed by atoms with Crippen LogP contribution in [-0.2, 0) is 20.7 Å². The van der Waals surface area contributed by atoms with Crippen LogP contribution in [0.3, 0.4) is 0 Å².